The number of aryl methyl sites for hydroxylation is 1. The number of ether oxygens (including phenoxy) is 1. The minimum atomic E-state index is -0.259. The van der Waals surface area contributed by atoms with E-state index in [1.165, 1.54) is 12.0 Å². The lowest BCUT2D eigenvalue weighted by Crippen LogP contribution is -2.04. The first-order valence-electron chi connectivity index (χ1n) is 5.64. The Morgan fingerprint density at radius 2 is 2.12 bits per heavy atom. The summed E-state index contributed by atoms with van der Waals surface area (Å²) >= 11 is 3.49. The maximum atomic E-state index is 11.5. The van der Waals surface area contributed by atoms with Gasteiger partial charge < -0.3 is 4.74 Å². The van der Waals surface area contributed by atoms with E-state index >= 15 is 0 Å². The molecule has 0 N–H and O–H groups in total. The second kappa shape index (κ2) is 6.69. The van der Waals surface area contributed by atoms with Gasteiger partial charge in [-0.05, 0) is 37.5 Å². The molecule has 1 aromatic carbocycles. The maximum absolute atomic E-state index is 11.5. The summed E-state index contributed by atoms with van der Waals surface area (Å²) in [5, 5.41) is 0. The molecular weight excluding hydrogens is 268 g/mol. The zero-order chi connectivity index (χ0) is 12.0. The summed E-state index contributed by atoms with van der Waals surface area (Å²) < 4.78 is 5.94. The Labute approximate surface area is 105 Å². The largest absolute Gasteiger partial charge is 0.462 e. The molecule has 0 aliphatic heterocycles. The van der Waals surface area contributed by atoms with Crippen molar-refractivity contribution in [2.24, 2.45) is 0 Å². The molecule has 0 spiro atoms. The smallest absolute Gasteiger partial charge is 0.338 e. The Hall–Kier alpha value is -0.830. The van der Waals surface area contributed by atoms with Gasteiger partial charge in [-0.25, -0.2) is 4.79 Å². The van der Waals surface area contributed by atoms with E-state index in [-0.39, 0.29) is 5.97 Å². The second-order valence-electron chi connectivity index (χ2n) is 3.63. The number of unbranched alkanes of at least 4 members (excludes halogenated alkanes) is 1. The number of benzene rings is 1. The number of rotatable bonds is 5. The van der Waals surface area contributed by atoms with E-state index < -0.39 is 0 Å². The Morgan fingerprint density at radius 3 is 2.69 bits per heavy atom. The predicted octanol–water partition coefficient (Wildman–Crippen LogP) is 3.97. The Balaban J connectivity index is 2.78. The molecular formula is C13H17BrO2. The van der Waals surface area contributed by atoms with Crippen LogP contribution in [0, 0.1) is 0 Å². The van der Waals surface area contributed by atoms with Gasteiger partial charge in [0.05, 0.1) is 12.2 Å². The van der Waals surface area contributed by atoms with Gasteiger partial charge in [-0.15, -0.1) is 0 Å². The molecule has 0 unspecified atom stereocenters. The molecule has 0 radical (unpaired) electrons. The van der Waals surface area contributed by atoms with E-state index in [2.05, 4.69) is 22.9 Å². The van der Waals surface area contributed by atoms with Crippen molar-refractivity contribution in [2.45, 2.75) is 33.1 Å². The minimum absolute atomic E-state index is 0.259. The molecule has 0 aromatic heterocycles. The van der Waals surface area contributed by atoms with Gasteiger partial charge in [0.15, 0.2) is 0 Å². The van der Waals surface area contributed by atoms with Gasteiger partial charge in [0, 0.05) is 4.47 Å². The summed E-state index contributed by atoms with van der Waals surface area (Å²) in [4.78, 5) is 11.5. The molecule has 0 atom stereocenters. The van der Waals surface area contributed by atoms with Crippen molar-refractivity contribution in [3.8, 4) is 0 Å². The van der Waals surface area contributed by atoms with Crippen LogP contribution in [0.1, 0.15) is 42.6 Å². The topological polar surface area (TPSA) is 26.3 Å². The lowest BCUT2D eigenvalue weighted by atomic mass is 10.1. The molecule has 3 heteroatoms. The van der Waals surface area contributed by atoms with Crippen LogP contribution in [-0.4, -0.2) is 12.6 Å². The molecule has 0 heterocycles. The van der Waals surface area contributed by atoms with Crippen LogP contribution < -0.4 is 0 Å². The second-order valence-corrected chi connectivity index (χ2v) is 4.48. The SMILES string of the molecule is CCCCc1ccc(C(=O)OCC)cc1Br. The van der Waals surface area contributed by atoms with E-state index in [1.807, 2.05) is 25.1 Å². The van der Waals surface area contributed by atoms with E-state index in [0.29, 0.717) is 12.2 Å². The fourth-order valence-corrected chi connectivity index (χ4v) is 2.04. The van der Waals surface area contributed by atoms with Crippen LogP contribution in [0.25, 0.3) is 0 Å². The summed E-state index contributed by atoms with van der Waals surface area (Å²) in [5.41, 5.74) is 1.85. The zero-order valence-electron chi connectivity index (χ0n) is 9.75. The first-order valence-corrected chi connectivity index (χ1v) is 6.43. The molecule has 0 saturated carbocycles. The van der Waals surface area contributed by atoms with E-state index in [9.17, 15) is 4.79 Å². The quantitative estimate of drug-likeness (QED) is 0.765. The fraction of sp³-hybridized carbons (Fsp3) is 0.462. The molecule has 88 valence electrons. The molecule has 2 nitrogen and oxygen atoms in total. The minimum Gasteiger partial charge on any atom is -0.462 e. The summed E-state index contributed by atoms with van der Waals surface area (Å²) in [7, 11) is 0. The average molecular weight is 285 g/mol. The highest BCUT2D eigenvalue weighted by atomic mass is 79.9. The highest BCUT2D eigenvalue weighted by molar-refractivity contribution is 9.10. The van der Waals surface area contributed by atoms with Gasteiger partial charge >= 0.3 is 5.97 Å². The van der Waals surface area contributed by atoms with Crippen LogP contribution >= 0.6 is 15.9 Å². The molecule has 0 amide bonds. The van der Waals surface area contributed by atoms with Crippen molar-refractivity contribution in [3.63, 3.8) is 0 Å². The zero-order valence-corrected chi connectivity index (χ0v) is 11.3. The Morgan fingerprint density at radius 1 is 1.38 bits per heavy atom. The molecule has 0 aliphatic rings. The standard InChI is InChI=1S/C13H17BrO2/c1-3-5-6-10-7-8-11(9-12(10)14)13(15)16-4-2/h7-9H,3-6H2,1-2H3. The molecule has 0 aliphatic carbocycles. The van der Waals surface area contributed by atoms with Crippen molar-refractivity contribution in [1.82, 2.24) is 0 Å². The van der Waals surface area contributed by atoms with Crippen molar-refractivity contribution >= 4 is 21.9 Å². The van der Waals surface area contributed by atoms with Crippen molar-refractivity contribution in [1.29, 1.82) is 0 Å². The first kappa shape index (κ1) is 13.2. The summed E-state index contributed by atoms with van der Waals surface area (Å²) in [6.07, 6.45) is 3.38. The number of hydrogen-bond donors (Lipinski definition) is 0. The maximum Gasteiger partial charge on any atom is 0.338 e. The monoisotopic (exact) mass is 284 g/mol. The van der Waals surface area contributed by atoms with Crippen LogP contribution in [0.2, 0.25) is 0 Å². The van der Waals surface area contributed by atoms with Crippen LogP contribution in [0.15, 0.2) is 22.7 Å². The van der Waals surface area contributed by atoms with Crippen LogP contribution in [0.4, 0.5) is 0 Å². The molecule has 0 fully saturated rings. The lowest BCUT2D eigenvalue weighted by molar-refractivity contribution is 0.0526. The van der Waals surface area contributed by atoms with E-state index in [0.717, 1.165) is 17.3 Å². The third-order valence-corrected chi connectivity index (χ3v) is 3.10. The molecule has 16 heavy (non-hydrogen) atoms. The highest BCUT2D eigenvalue weighted by Crippen LogP contribution is 2.21. The average Bonchev–Trinajstić information content (AvgIpc) is 2.27. The van der Waals surface area contributed by atoms with Crippen LogP contribution in [0.5, 0.6) is 0 Å². The van der Waals surface area contributed by atoms with Crippen LogP contribution in [0.3, 0.4) is 0 Å². The van der Waals surface area contributed by atoms with Crippen molar-refractivity contribution in [3.05, 3.63) is 33.8 Å². The molecule has 1 rings (SSSR count). The highest BCUT2D eigenvalue weighted by Gasteiger charge is 2.08. The fourth-order valence-electron chi connectivity index (χ4n) is 1.46. The predicted molar refractivity (Wildman–Crippen MR) is 68.7 cm³/mol. The number of carbonyl (C=O) groups excluding carboxylic acids is 1. The van der Waals surface area contributed by atoms with Gasteiger partial charge in [0.1, 0.15) is 0 Å². The molecule has 0 saturated heterocycles. The van der Waals surface area contributed by atoms with Gasteiger partial charge in [0.25, 0.3) is 0 Å². The number of esters is 1. The number of hydrogen-bond acceptors (Lipinski definition) is 2. The van der Waals surface area contributed by atoms with Gasteiger partial charge in [-0.2, -0.15) is 0 Å². The normalized spacial score (nSPS) is 10.2. The van der Waals surface area contributed by atoms with Crippen molar-refractivity contribution < 1.29 is 9.53 Å². The summed E-state index contributed by atoms with van der Waals surface area (Å²) in [6, 6.07) is 5.66. The lowest BCUT2D eigenvalue weighted by Gasteiger charge is -2.06. The third kappa shape index (κ3) is 3.63. The molecule has 1 aromatic rings. The van der Waals surface area contributed by atoms with Crippen molar-refractivity contribution in [2.75, 3.05) is 6.61 Å². The Kier molecular flexibility index (Phi) is 5.53. The Bertz CT molecular complexity index is 361. The van der Waals surface area contributed by atoms with Gasteiger partial charge in [-0.1, -0.05) is 35.3 Å². The van der Waals surface area contributed by atoms with Crippen LogP contribution in [-0.2, 0) is 11.2 Å². The number of halogens is 1. The number of carbonyl (C=O) groups is 1. The summed E-state index contributed by atoms with van der Waals surface area (Å²) in [5.74, 6) is -0.259. The molecule has 0 bridgehead atoms. The first-order chi connectivity index (χ1) is 7.69. The summed E-state index contributed by atoms with van der Waals surface area (Å²) in [6.45, 7) is 4.39. The van der Waals surface area contributed by atoms with E-state index in [4.69, 9.17) is 4.74 Å². The van der Waals surface area contributed by atoms with Gasteiger partial charge in [-0.3, -0.25) is 0 Å². The van der Waals surface area contributed by atoms with E-state index in [1.54, 1.807) is 0 Å². The van der Waals surface area contributed by atoms with Gasteiger partial charge in [0.2, 0.25) is 0 Å². The third-order valence-electron chi connectivity index (χ3n) is 2.36.